The molecule has 0 radical (unpaired) electrons. The Morgan fingerprint density at radius 1 is 1.65 bits per heavy atom. The molecule has 6 nitrogen and oxygen atoms in total. The maximum absolute atomic E-state index is 11.7. The van der Waals surface area contributed by atoms with Gasteiger partial charge in [0, 0.05) is 18.2 Å². The van der Waals surface area contributed by atoms with Crippen LogP contribution >= 0.6 is 11.6 Å². The van der Waals surface area contributed by atoms with E-state index in [0.717, 1.165) is 6.07 Å². The van der Waals surface area contributed by atoms with Crippen LogP contribution in [0.4, 0.5) is 5.69 Å². The SMILES string of the molecule is CC(CO)NC(=O)c1cc([N+](=O)[O-])ccc1Cl. The predicted molar refractivity (Wildman–Crippen MR) is 62.1 cm³/mol. The van der Waals surface area contributed by atoms with Crippen molar-refractivity contribution in [3.8, 4) is 0 Å². The molecule has 17 heavy (non-hydrogen) atoms. The van der Waals surface area contributed by atoms with Crippen LogP contribution in [0.25, 0.3) is 0 Å². The number of rotatable bonds is 4. The van der Waals surface area contributed by atoms with Gasteiger partial charge in [0.15, 0.2) is 0 Å². The van der Waals surface area contributed by atoms with Crippen molar-refractivity contribution in [2.24, 2.45) is 0 Å². The second-order valence-corrected chi connectivity index (χ2v) is 3.89. The number of nitro groups is 1. The van der Waals surface area contributed by atoms with Gasteiger partial charge < -0.3 is 10.4 Å². The van der Waals surface area contributed by atoms with Crippen molar-refractivity contribution in [2.45, 2.75) is 13.0 Å². The molecule has 0 spiro atoms. The van der Waals surface area contributed by atoms with Gasteiger partial charge in [-0.2, -0.15) is 0 Å². The quantitative estimate of drug-likeness (QED) is 0.630. The van der Waals surface area contributed by atoms with Crippen molar-refractivity contribution in [2.75, 3.05) is 6.61 Å². The van der Waals surface area contributed by atoms with E-state index in [-0.39, 0.29) is 22.9 Å². The molecule has 0 aliphatic rings. The topological polar surface area (TPSA) is 92.5 Å². The Bertz CT molecular complexity index is 450. The summed E-state index contributed by atoms with van der Waals surface area (Å²) in [5.41, 5.74) is -0.197. The van der Waals surface area contributed by atoms with Crippen molar-refractivity contribution in [1.29, 1.82) is 0 Å². The second-order valence-electron chi connectivity index (χ2n) is 3.48. The third kappa shape index (κ3) is 3.40. The van der Waals surface area contributed by atoms with Gasteiger partial charge in [-0.05, 0) is 13.0 Å². The molecule has 92 valence electrons. The third-order valence-corrected chi connectivity index (χ3v) is 2.39. The Morgan fingerprint density at radius 3 is 2.82 bits per heavy atom. The van der Waals surface area contributed by atoms with E-state index in [1.54, 1.807) is 6.92 Å². The van der Waals surface area contributed by atoms with Crippen LogP contribution in [-0.4, -0.2) is 28.6 Å². The molecule has 1 atom stereocenters. The zero-order valence-electron chi connectivity index (χ0n) is 9.01. The van der Waals surface area contributed by atoms with Crippen molar-refractivity contribution in [3.63, 3.8) is 0 Å². The summed E-state index contributed by atoms with van der Waals surface area (Å²) in [5.74, 6) is -0.555. The largest absolute Gasteiger partial charge is 0.394 e. The number of nitro benzene ring substituents is 1. The summed E-state index contributed by atoms with van der Waals surface area (Å²) in [6.07, 6.45) is 0. The van der Waals surface area contributed by atoms with Crippen LogP contribution in [-0.2, 0) is 0 Å². The number of hydrogen-bond acceptors (Lipinski definition) is 4. The first-order valence-corrected chi connectivity index (χ1v) is 5.19. The van der Waals surface area contributed by atoms with Gasteiger partial charge in [-0.3, -0.25) is 14.9 Å². The second kappa shape index (κ2) is 5.60. The van der Waals surface area contributed by atoms with E-state index in [4.69, 9.17) is 16.7 Å². The number of carbonyl (C=O) groups is 1. The molecule has 0 heterocycles. The highest BCUT2D eigenvalue weighted by Crippen LogP contribution is 2.21. The minimum absolute atomic E-state index is 0.0150. The van der Waals surface area contributed by atoms with Crippen LogP contribution < -0.4 is 5.32 Å². The number of halogens is 1. The van der Waals surface area contributed by atoms with Gasteiger partial charge in [-0.15, -0.1) is 0 Å². The molecule has 0 aromatic heterocycles. The van der Waals surface area contributed by atoms with Crippen LogP contribution in [0.2, 0.25) is 5.02 Å². The fraction of sp³-hybridized carbons (Fsp3) is 0.300. The van der Waals surface area contributed by atoms with Crippen molar-refractivity contribution in [1.82, 2.24) is 5.32 Å². The van der Waals surface area contributed by atoms with Gasteiger partial charge in [0.1, 0.15) is 0 Å². The van der Waals surface area contributed by atoms with Crippen LogP contribution in [0.3, 0.4) is 0 Å². The highest BCUT2D eigenvalue weighted by Gasteiger charge is 2.16. The van der Waals surface area contributed by atoms with E-state index in [9.17, 15) is 14.9 Å². The maximum atomic E-state index is 11.7. The molecule has 7 heteroatoms. The number of aliphatic hydroxyl groups is 1. The average Bonchev–Trinajstić information content (AvgIpc) is 2.28. The number of aliphatic hydroxyl groups excluding tert-OH is 1. The van der Waals surface area contributed by atoms with E-state index in [1.807, 2.05) is 0 Å². The lowest BCUT2D eigenvalue weighted by molar-refractivity contribution is -0.384. The number of nitrogens with one attached hydrogen (secondary N) is 1. The summed E-state index contributed by atoms with van der Waals surface area (Å²) in [6.45, 7) is 1.38. The van der Waals surface area contributed by atoms with Crippen molar-refractivity contribution >= 4 is 23.2 Å². The zero-order chi connectivity index (χ0) is 13.0. The molecule has 0 saturated heterocycles. The Hall–Kier alpha value is -1.66. The fourth-order valence-corrected chi connectivity index (χ4v) is 1.35. The molecule has 1 rings (SSSR count). The first-order valence-electron chi connectivity index (χ1n) is 4.81. The Labute approximate surface area is 102 Å². The maximum Gasteiger partial charge on any atom is 0.270 e. The van der Waals surface area contributed by atoms with Crippen molar-refractivity contribution < 1.29 is 14.8 Å². The monoisotopic (exact) mass is 258 g/mol. The minimum Gasteiger partial charge on any atom is -0.394 e. The molecular weight excluding hydrogens is 248 g/mol. The molecule has 1 unspecified atom stereocenters. The molecule has 1 aromatic carbocycles. The van der Waals surface area contributed by atoms with Gasteiger partial charge in [-0.25, -0.2) is 0 Å². The highest BCUT2D eigenvalue weighted by molar-refractivity contribution is 6.33. The first kappa shape index (κ1) is 13.4. The van der Waals surface area contributed by atoms with Gasteiger partial charge in [-0.1, -0.05) is 11.6 Å². The Kier molecular flexibility index (Phi) is 4.42. The third-order valence-electron chi connectivity index (χ3n) is 2.06. The van der Waals surface area contributed by atoms with Crippen LogP contribution in [0.1, 0.15) is 17.3 Å². The number of carbonyl (C=O) groups excluding carboxylic acids is 1. The van der Waals surface area contributed by atoms with E-state index >= 15 is 0 Å². The molecule has 0 saturated carbocycles. The van der Waals surface area contributed by atoms with Gasteiger partial charge in [0.2, 0.25) is 0 Å². The van der Waals surface area contributed by atoms with Gasteiger partial charge >= 0.3 is 0 Å². The fourth-order valence-electron chi connectivity index (χ4n) is 1.15. The van der Waals surface area contributed by atoms with Gasteiger partial charge in [0.05, 0.1) is 22.1 Å². The summed E-state index contributed by atoms with van der Waals surface area (Å²) in [5, 5.41) is 21.9. The summed E-state index contributed by atoms with van der Waals surface area (Å²) in [7, 11) is 0. The lowest BCUT2D eigenvalue weighted by atomic mass is 10.1. The summed E-state index contributed by atoms with van der Waals surface area (Å²) >= 11 is 5.78. The average molecular weight is 259 g/mol. The van der Waals surface area contributed by atoms with E-state index in [0.29, 0.717) is 0 Å². The molecule has 0 aliphatic heterocycles. The van der Waals surface area contributed by atoms with Crippen LogP contribution in [0, 0.1) is 10.1 Å². The molecule has 0 aliphatic carbocycles. The number of hydrogen-bond donors (Lipinski definition) is 2. The standard InChI is InChI=1S/C10H11ClN2O4/c1-6(5-14)12-10(15)8-4-7(13(16)17)2-3-9(8)11/h2-4,6,14H,5H2,1H3,(H,12,15). The normalized spacial score (nSPS) is 11.9. The summed E-state index contributed by atoms with van der Waals surface area (Å²) < 4.78 is 0. The molecule has 0 fully saturated rings. The summed E-state index contributed by atoms with van der Waals surface area (Å²) in [4.78, 5) is 21.6. The van der Waals surface area contributed by atoms with E-state index in [2.05, 4.69) is 5.32 Å². The minimum atomic E-state index is -0.609. The molecule has 1 amide bonds. The zero-order valence-corrected chi connectivity index (χ0v) is 9.77. The molecule has 0 bridgehead atoms. The van der Waals surface area contributed by atoms with E-state index in [1.165, 1.54) is 12.1 Å². The highest BCUT2D eigenvalue weighted by atomic mass is 35.5. The van der Waals surface area contributed by atoms with Crippen LogP contribution in [0.5, 0.6) is 0 Å². The Morgan fingerprint density at radius 2 is 2.29 bits per heavy atom. The van der Waals surface area contributed by atoms with Crippen LogP contribution in [0.15, 0.2) is 18.2 Å². The summed E-state index contributed by atoms with van der Waals surface area (Å²) in [6, 6.07) is 3.16. The molecular formula is C10H11ClN2O4. The first-order chi connectivity index (χ1) is 7.95. The Balaban J connectivity index is 3.00. The van der Waals surface area contributed by atoms with Gasteiger partial charge in [0.25, 0.3) is 11.6 Å². The van der Waals surface area contributed by atoms with E-state index < -0.39 is 16.9 Å². The molecule has 1 aromatic rings. The number of nitrogens with zero attached hydrogens (tertiary/aromatic N) is 1. The van der Waals surface area contributed by atoms with Crippen molar-refractivity contribution in [3.05, 3.63) is 38.9 Å². The lowest BCUT2D eigenvalue weighted by Crippen LogP contribution is -2.35. The number of amides is 1. The predicted octanol–water partition coefficient (Wildman–Crippen LogP) is 1.36. The smallest absolute Gasteiger partial charge is 0.270 e. The number of non-ortho nitro benzene ring substituents is 1. The number of benzene rings is 1. The lowest BCUT2D eigenvalue weighted by Gasteiger charge is -2.11. The molecule has 2 N–H and O–H groups in total.